The van der Waals surface area contributed by atoms with Crippen LogP contribution < -0.4 is 5.32 Å². The lowest BCUT2D eigenvalue weighted by Crippen LogP contribution is -2.30. The lowest BCUT2D eigenvalue weighted by Gasteiger charge is -2.26. The zero-order chi connectivity index (χ0) is 11.4. The number of rotatable bonds is 4. The second kappa shape index (κ2) is 4.97. The first-order valence-electron chi connectivity index (χ1n) is 5.56. The molecule has 0 bridgehead atoms. The molecule has 1 aliphatic carbocycles. The number of nitrogens with zero attached hydrogens (tertiary/aromatic N) is 2. The molecular weight excluding hydrogens is 226 g/mol. The number of nitrogens with one attached hydrogen (secondary N) is 1. The Bertz CT molecular complexity index is 353. The van der Waals surface area contributed by atoms with Gasteiger partial charge in [-0.25, -0.2) is 9.97 Å². The van der Waals surface area contributed by atoms with Crippen LogP contribution in [0.15, 0.2) is 12.4 Å². The molecule has 16 heavy (non-hydrogen) atoms. The highest BCUT2D eigenvalue weighted by molar-refractivity contribution is 6.29. The van der Waals surface area contributed by atoms with Crippen LogP contribution >= 0.6 is 11.6 Å². The molecular formula is C11H16ClN3O. The zero-order valence-corrected chi connectivity index (χ0v) is 9.87. The summed E-state index contributed by atoms with van der Waals surface area (Å²) in [6.45, 7) is 0.982. The fraction of sp³-hybridized carbons (Fsp3) is 0.636. The monoisotopic (exact) mass is 241 g/mol. The summed E-state index contributed by atoms with van der Waals surface area (Å²) in [7, 11) is 0. The summed E-state index contributed by atoms with van der Waals surface area (Å²) in [5, 5.41) is 13.1. The van der Waals surface area contributed by atoms with E-state index in [2.05, 4.69) is 15.3 Å². The van der Waals surface area contributed by atoms with Crippen LogP contribution in [0.3, 0.4) is 0 Å². The number of halogens is 1. The van der Waals surface area contributed by atoms with Crippen LogP contribution in [0.2, 0.25) is 5.15 Å². The van der Waals surface area contributed by atoms with E-state index in [0.29, 0.717) is 5.15 Å². The zero-order valence-electron chi connectivity index (χ0n) is 9.12. The van der Waals surface area contributed by atoms with Crippen LogP contribution in [0.1, 0.15) is 25.7 Å². The largest absolute Gasteiger partial charge is 0.396 e. The van der Waals surface area contributed by atoms with E-state index in [0.717, 1.165) is 25.2 Å². The molecule has 0 saturated heterocycles. The van der Waals surface area contributed by atoms with Gasteiger partial charge in [0.25, 0.3) is 0 Å². The summed E-state index contributed by atoms with van der Waals surface area (Å²) in [4.78, 5) is 7.90. The Hall–Kier alpha value is -0.870. The van der Waals surface area contributed by atoms with Gasteiger partial charge in [0, 0.05) is 18.0 Å². The number of aromatic nitrogens is 2. The predicted octanol–water partition coefficient (Wildman–Crippen LogP) is 2.09. The summed E-state index contributed by atoms with van der Waals surface area (Å²) < 4.78 is 0. The van der Waals surface area contributed by atoms with Gasteiger partial charge in [0.05, 0.1) is 6.61 Å². The molecule has 0 spiro atoms. The van der Waals surface area contributed by atoms with Gasteiger partial charge in [-0.15, -0.1) is 0 Å². The Balaban J connectivity index is 1.95. The number of hydrogen-bond donors (Lipinski definition) is 2. The van der Waals surface area contributed by atoms with Gasteiger partial charge in [-0.1, -0.05) is 24.4 Å². The smallest absolute Gasteiger partial charge is 0.134 e. The van der Waals surface area contributed by atoms with Crippen molar-refractivity contribution < 1.29 is 5.11 Å². The molecule has 1 saturated carbocycles. The van der Waals surface area contributed by atoms with E-state index in [9.17, 15) is 5.11 Å². The number of hydrogen-bond acceptors (Lipinski definition) is 4. The van der Waals surface area contributed by atoms with Gasteiger partial charge in [-0.3, -0.25) is 0 Å². The Morgan fingerprint density at radius 1 is 1.38 bits per heavy atom. The van der Waals surface area contributed by atoms with E-state index >= 15 is 0 Å². The van der Waals surface area contributed by atoms with Gasteiger partial charge in [0.15, 0.2) is 0 Å². The van der Waals surface area contributed by atoms with Crippen molar-refractivity contribution in [3.8, 4) is 0 Å². The molecule has 0 atom stereocenters. The summed E-state index contributed by atoms with van der Waals surface area (Å²) >= 11 is 5.77. The third-order valence-electron chi connectivity index (χ3n) is 3.28. The van der Waals surface area contributed by atoms with Gasteiger partial charge in [-0.05, 0) is 12.8 Å². The normalized spacial score (nSPS) is 18.6. The highest BCUT2D eigenvalue weighted by atomic mass is 35.5. The van der Waals surface area contributed by atoms with Crippen LogP contribution in [-0.2, 0) is 0 Å². The highest BCUT2D eigenvalue weighted by Crippen LogP contribution is 2.37. The molecule has 2 rings (SSSR count). The van der Waals surface area contributed by atoms with Crippen molar-refractivity contribution in [3.63, 3.8) is 0 Å². The maximum absolute atomic E-state index is 9.45. The number of anilines is 1. The number of aliphatic hydroxyl groups is 1. The third-order valence-corrected chi connectivity index (χ3v) is 3.48. The second-order valence-corrected chi connectivity index (χ2v) is 4.83. The lowest BCUT2D eigenvalue weighted by atomic mass is 9.87. The molecule has 5 heteroatoms. The van der Waals surface area contributed by atoms with Crippen molar-refractivity contribution >= 4 is 17.4 Å². The molecule has 4 nitrogen and oxygen atoms in total. The molecule has 1 aliphatic rings. The quantitative estimate of drug-likeness (QED) is 0.793. The summed E-state index contributed by atoms with van der Waals surface area (Å²) in [6.07, 6.45) is 6.00. The molecule has 0 amide bonds. The van der Waals surface area contributed by atoms with Crippen molar-refractivity contribution in [2.45, 2.75) is 25.7 Å². The van der Waals surface area contributed by atoms with Crippen molar-refractivity contribution in [2.75, 3.05) is 18.5 Å². The van der Waals surface area contributed by atoms with E-state index in [1.54, 1.807) is 6.07 Å². The molecule has 1 aromatic heterocycles. The summed E-state index contributed by atoms with van der Waals surface area (Å²) in [6, 6.07) is 1.70. The Labute approximate surface area is 100 Å². The maximum Gasteiger partial charge on any atom is 0.134 e. The van der Waals surface area contributed by atoms with Crippen LogP contribution in [0, 0.1) is 5.41 Å². The molecule has 1 fully saturated rings. The van der Waals surface area contributed by atoms with Gasteiger partial charge in [0.1, 0.15) is 17.3 Å². The van der Waals surface area contributed by atoms with E-state index in [4.69, 9.17) is 11.6 Å². The third kappa shape index (κ3) is 2.62. The first-order valence-corrected chi connectivity index (χ1v) is 5.94. The average molecular weight is 242 g/mol. The molecule has 0 unspecified atom stereocenters. The first-order chi connectivity index (χ1) is 7.74. The molecule has 0 aromatic carbocycles. The van der Waals surface area contributed by atoms with Crippen LogP contribution in [0.25, 0.3) is 0 Å². The molecule has 0 radical (unpaired) electrons. The van der Waals surface area contributed by atoms with E-state index in [-0.39, 0.29) is 12.0 Å². The second-order valence-electron chi connectivity index (χ2n) is 4.44. The van der Waals surface area contributed by atoms with Crippen LogP contribution in [-0.4, -0.2) is 28.2 Å². The molecule has 1 heterocycles. The highest BCUT2D eigenvalue weighted by Gasteiger charge is 2.32. The van der Waals surface area contributed by atoms with E-state index in [1.165, 1.54) is 19.2 Å². The SMILES string of the molecule is OCC1(CNc2cc(Cl)ncn2)CCCC1. The lowest BCUT2D eigenvalue weighted by molar-refractivity contribution is 0.142. The van der Waals surface area contributed by atoms with Gasteiger partial charge < -0.3 is 10.4 Å². The Morgan fingerprint density at radius 2 is 2.12 bits per heavy atom. The topological polar surface area (TPSA) is 58.0 Å². The standard InChI is InChI=1S/C11H16ClN3O/c12-9-5-10(15-8-14-9)13-6-11(7-16)3-1-2-4-11/h5,8,16H,1-4,6-7H2,(H,13,14,15). The van der Waals surface area contributed by atoms with Gasteiger partial charge in [-0.2, -0.15) is 0 Å². The fourth-order valence-electron chi connectivity index (χ4n) is 2.22. The fourth-order valence-corrected chi connectivity index (χ4v) is 2.37. The molecule has 2 N–H and O–H groups in total. The van der Waals surface area contributed by atoms with Gasteiger partial charge >= 0.3 is 0 Å². The van der Waals surface area contributed by atoms with Gasteiger partial charge in [0.2, 0.25) is 0 Å². The van der Waals surface area contributed by atoms with Crippen molar-refractivity contribution in [2.24, 2.45) is 5.41 Å². The minimum absolute atomic E-state index is 0.0252. The minimum atomic E-state index is 0.0252. The van der Waals surface area contributed by atoms with E-state index < -0.39 is 0 Å². The Morgan fingerprint density at radius 3 is 2.75 bits per heavy atom. The average Bonchev–Trinajstić information content (AvgIpc) is 2.76. The van der Waals surface area contributed by atoms with Crippen molar-refractivity contribution in [3.05, 3.63) is 17.5 Å². The van der Waals surface area contributed by atoms with Crippen molar-refractivity contribution in [1.29, 1.82) is 0 Å². The molecule has 88 valence electrons. The van der Waals surface area contributed by atoms with Crippen molar-refractivity contribution in [1.82, 2.24) is 9.97 Å². The maximum atomic E-state index is 9.45. The predicted molar refractivity (Wildman–Crippen MR) is 63.5 cm³/mol. The van der Waals surface area contributed by atoms with Crippen LogP contribution in [0.4, 0.5) is 5.82 Å². The van der Waals surface area contributed by atoms with Crippen LogP contribution in [0.5, 0.6) is 0 Å². The summed E-state index contributed by atoms with van der Waals surface area (Å²) in [5.74, 6) is 0.722. The minimum Gasteiger partial charge on any atom is -0.396 e. The Kier molecular flexibility index (Phi) is 3.61. The summed E-state index contributed by atoms with van der Waals surface area (Å²) in [5.41, 5.74) is 0.0252. The number of aliphatic hydroxyl groups excluding tert-OH is 1. The van der Waals surface area contributed by atoms with E-state index in [1.807, 2.05) is 0 Å². The first kappa shape index (κ1) is 11.6. The molecule has 0 aliphatic heterocycles. The molecule has 1 aromatic rings.